The summed E-state index contributed by atoms with van der Waals surface area (Å²) < 4.78 is 24.0. The first kappa shape index (κ1) is 40.7. The average molecular weight is 757 g/mol. The second-order valence-corrected chi connectivity index (χ2v) is 20.3. The highest BCUT2D eigenvalue weighted by Crippen LogP contribution is 2.89. The predicted molar refractivity (Wildman–Crippen MR) is 190 cm³/mol. The zero-order valence-corrected chi connectivity index (χ0v) is 32.7. The molecule has 2 aliphatic heterocycles. The van der Waals surface area contributed by atoms with Crippen LogP contribution in [0.2, 0.25) is 0 Å². The molecule has 0 aromatic heterocycles. The van der Waals surface area contributed by atoms with Crippen molar-refractivity contribution < 1.29 is 64.9 Å². The second kappa shape index (κ2) is 13.5. The fourth-order valence-electron chi connectivity index (χ4n) is 13.9. The molecule has 2 spiro atoms. The number of fused-ring (bicyclic) bond motifs is 2. The van der Waals surface area contributed by atoms with Crippen molar-refractivity contribution >= 4 is 0 Å². The lowest BCUT2D eigenvalue weighted by Crippen LogP contribution is -2.63. The van der Waals surface area contributed by atoms with Crippen LogP contribution in [0.5, 0.6) is 0 Å². The molecule has 5 saturated carbocycles. The molecule has 0 unspecified atom stereocenters. The molecule has 20 atom stereocenters. The molecule has 0 aromatic rings. The number of aliphatic hydroxyl groups is 9. The Balaban J connectivity index is 1.09. The molecule has 0 aromatic carbocycles. The third-order valence-electron chi connectivity index (χ3n) is 16.9. The first-order chi connectivity index (χ1) is 24.6. The van der Waals surface area contributed by atoms with Gasteiger partial charge in [0.2, 0.25) is 0 Å². The molecule has 7 fully saturated rings. The van der Waals surface area contributed by atoms with Crippen molar-refractivity contribution in [3.05, 3.63) is 0 Å². The van der Waals surface area contributed by atoms with Crippen molar-refractivity contribution in [1.82, 2.24) is 0 Å². The van der Waals surface area contributed by atoms with E-state index in [1.165, 1.54) is 0 Å². The Morgan fingerprint density at radius 2 is 1.38 bits per heavy atom. The quantitative estimate of drug-likeness (QED) is 0.151. The molecule has 2 saturated heterocycles. The summed E-state index contributed by atoms with van der Waals surface area (Å²) in [4.78, 5) is 0. The van der Waals surface area contributed by atoms with E-state index in [0.717, 1.165) is 25.7 Å². The molecule has 7 rings (SSSR count). The standard InChI is InChI=1S/C40H68O13/c1-19(8-9-25(45)36(4,5)49)27-21(42)15-38(7)24-14-20(41)32-35(2,3)26(10-11-40(32)18-39(24,40)13-12-37(27,38)6)52-34-31(29(47)23(44)17-51-34)53-33-30(48)28(46)22(43)16-50-33/h19-34,41-49H,8-18H2,1-7H3/t19-,20+,21-,22+,23-,24+,25-,26+,27-,28+,29+,30-,31+,32-,33+,34+,37-,38+,39+,40-/m1/s1. The first-order valence-corrected chi connectivity index (χ1v) is 20.3. The number of ether oxygens (including phenoxy) is 4. The molecule has 0 radical (unpaired) electrons. The third kappa shape index (κ3) is 6.04. The molecule has 13 nitrogen and oxygen atoms in total. The van der Waals surface area contributed by atoms with E-state index in [4.69, 9.17) is 18.9 Å². The van der Waals surface area contributed by atoms with Gasteiger partial charge in [0, 0.05) is 0 Å². The van der Waals surface area contributed by atoms with Crippen LogP contribution in [-0.2, 0) is 18.9 Å². The molecule has 7 aliphatic rings. The number of rotatable bonds is 9. The molecule has 306 valence electrons. The summed E-state index contributed by atoms with van der Waals surface area (Å²) in [6.07, 6.45) is -6.14. The molecule has 5 aliphatic carbocycles. The van der Waals surface area contributed by atoms with Gasteiger partial charge in [-0.1, -0.05) is 34.6 Å². The highest BCUT2D eigenvalue weighted by Gasteiger charge is 2.84. The van der Waals surface area contributed by atoms with Crippen molar-refractivity contribution in [2.24, 2.45) is 50.7 Å². The van der Waals surface area contributed by atoms with E-state index in [0.29, 0.717) is 32.1 Å². The van der Waals surface area contributed by atoms with Crippen molar-refractivity contribution in [3.8, 4) is 0 Å². The maximum Gasteiger partial charge on any atom is 0.186 e. The Morgan fingerprint density at radius 3 is 2.04 bits per heavy atom. The van der Waals surface area contributed by atoms with Crippen LogP contribution in [0.4, 0.5) is 0 Å². The maximum absolute atomic E-state index is 12.3. The largest absolute Gasteiger partial charge is 0.393 e. The lowest BCUT2D eigenvalue weighted by atomic mass is 9.41. The van der Waals surface area contributed by atoms with E-state index in [2.05, 4.69) is 34.6 Å². The van der Waals surface area contributed by atoms with Gasteiger partial charge in [0.05, 0.1) is 43.2 Å². The summed E-state index contributed by atoms with van der Waals surface area (Å²) in [7, 11) is 0. The molecule has 2 heterocycles. The summed E-state index contributed by atoms with van der Waals surface area (Å²) in [5.41, 5.74) is -2.05. The van der Waals surface area contributed by atoms with Gasteiger partial charge in [-0.25, -0.2) is 0 Å². The van der Waals surface area contributed by atoms with Crippen molar-refractivity contribution in [2.45, 2.75) is 185 Å². The summed E-state index contributed by atoms with van der Waals surface area (Å²) >= 11 is 0. The first-order valence-electron chi connectivity index (χ1n) is 20.3. The van der Waals surface area contributed by atoms with Crippen LogP contribution in [-0.4, -0.2) is 138 Å². The summed E-state index contributed by atoms with van der Waals surface area (Å²) in [5, 5.41) is 97.2. The zero-order valence-electron chi connectivity index (χ0n) is 32.7. The molecule has 0 amide bonds. The minimum Gasteiger partial charge on any atom is -0.393 e. The van der Waals surface area contributed by atoms with Crippen LogP contribution in [0.25, 0.3) is 0 Å². The van der Waals surface area contributed by atoms with E-state index in [-0.39, 0.29) is 58.5 Å². The average Bonchev–Trinajstić information content (AvgIpc) is 3.66. The lowest BCUT2D eigenvalue weighted by Gasteiger charge is -2.64. The molecule has 9 N–H and O–H groups in total. The van der Waals surface area contributed by atoms with E-state index in [1.54, 1.807) is 13.8 Å². The topological polar surface area (TPSA) is 219 Å². The Bertz CT molecular complexity index is 1340. The van der Waals surface area contributed by atoms with Gasteiger partial charge in [-0.3, -0.25) is 0 Å². The van der Waals surface area contributed by atoms with Crippen LogP contribution < -0.4 is 0 Å². The van der Waals surface area contributed by atoms with E-state index < -0.39 is 84.6 Å². The predicted octanol–water partition coefficient (Wildman–Crippen LogP) is 1.20. The smallest absolute Gasteiger partial charge is 0.186 e. The van der Waals surface area contributed by atoms with E-state index >= 15 is 0 Å². The molecular weight excluding hydrogens is 688 g/mol. The third-order valence-corrected chi connectivity index (χ3v) is 16.9. The van der Waals surface area contributed by atoms with Gasteiger partial charge in [0.15, 0.2) is 12.6 Å². The van der Waals surface area contributed by atoms with Crippen molar-refractivity contribution in [1.29, 1.82) is 0 Å². The van der Waals surface area contributed by atoms with Gasteiger partial charge in [0.25, 0.3) is 0 Å². The van der Waals surface area contributed by atoms with Crippen LogP contribution in [0.1, 0.15) is 106 Å². The van der Waals surface area contributed by atoms with Crippen LogP contribution in [0.15, 0.2) is 0 Å². The number of hydrogen-bond donors (Lipinski definition) is 9. The normalized spacial score (nSPS) is 54.6. The van der Waals surface area contributed by atoms with Gasteiger partial charge in [-0.05, 0) is 122 Å². The Labute approximate surface area is 314 Å². The van der Waals surface area contributed by atoms with E-state index in [9.17, 15) is 46.0 Å². The minimum atomic E-state index is -1.60. The highest BCUT2D eigenvalue weighted by molar-refractivity contribution is 5.32. The molecule has 53 heavy (non-hydrogen) atoms. The summed E-state index contributed by atoms with van der Waals surface area (Å²) in [5.74, 6) is 0.384. The minimum absolute atomic E-state index is 0.0511. The summed E-state index contributed by atoms with van der Waals surface area (Å²) in [6, 6.07) is 0. The SMILES string of the molecule is C[C@H](CC[C@@H](O)C(C)(C)O)[C@@H]1[C@H](O)C[C@@]2(C)[C@@H]3C[C@H](O)[C@@H]4C(C)(C)[C@@H](O[C@@H]5OC[C@@H](O)[C@H](O)[C@@H]5O[C@@H]5OC[C@H](O)[C@H](O)[C@H]5O)CC[C@@]45C[C@@]35CC[C@]12C. The van der Waals surface area contributed by atoms with Crippen LogP contribution in [0, 0.1) is 50.7 Å². The second-order valence-electron chi connectivity index (χ2n) is 20.3. The fraction of sp³-hybridized carbons (Fsp3) is 1.00. The fourth-order valence-corrected chi connectivity index (χ4v) is 13.9. The van der Waals surface area contributed by atoms with Gasteiger partial charge < -0.3 is 64.9 Å². The van der Waals surface area contributed by atoms with Gasteiger partial charge in [-0.2, -0.15) is 0 Å². The summed E-state index contributed by atoms with van der Waals surface area (Å²) in [6.45, 7) is 14.0. The highest BCUT2D eigenvalue weighted by atomic mass is 16.7. The Hall–Kier alpha value is -0.520. The molecule has 0 bridgehead atoms. The number of hydrogen-bond acceptors (Lipinski definition) is 13. The Kier molecular flexibility index (Phi) is 10.4. The van der Waals surface area contributed by atoms with Crippen LogP contribution >= 0.6 is 0 Å². The van der Waals surface area contributed by atoms with Crippen LogP contribution in [0.3, 0.4) is 0 Å². The van der Waals surface area contributed by atoms with Crippen molar-refractivity contribution in [3.63, 3.8) is 0 Å². The monoisotopic (exact) mass is 756 g/mol. The van der Waals surface area contributed by atoms with Crippen molar-refractivity contribution in [2.75, 3.05) is 13.2 Å². The zero-order chi connectivity index (χ0) is 38.8. The van der Waals surface area contributed by atoms with Gasteiger partial charge in [-0.15, -0.1) is 0 Å². The molecular formula is C40H68O13. The maximum atomic E-state index is 12.3. The van der Waals surface area contributed by atoms with Gasteiger partial charge >= 0.3 is 0 Å². The number of aliphatic hydroxyl groups excluding tert-OH is 8. The Morgan fingerprint density at radius 1 is 0.736 bits per heavy atom. The van der Waals surface area contributed by atoms with Gasteiger partial charge in [0.1, 0.15) is 36.6 Å². The lowest BCUT2D eigenvalue weighted by molar-refractivity contribution is -0.356. The molecule has 13 heteroatoms. The van der Waals surface area contributed by atoms with E-state index in [1.807, 2.05) is 0 Å².